The van der Waals surface area contributed by atoms with Crippen molar-refractivity contribution in [3.8, 4) is 5.75 Å². The average molecular weight is 376 g/mol. The fraction of sp³-hybridized carbons (Fsp3) is 0.211. The van der Waals surface area contributed by atoms with Gasteiger partial charge in [-0.25, -0.2) is 4.79 Å². The van der Waals surface area contributed by atoms with Crippen LogP contribution < -0.4 is 10.1 Å². The Hall–Kier alpha value is -2.86. The second-order valence-corrected chi connectivity index (χ2v) is 5.99. The monoisotopic (exact) mass is 375 g/mol. The number of nitrogens with one attached hydrogen (secondary N) is 1. The quantitative estimate of drug-likeness (QED) is 0.592. The lowest BCUT2D eigenvalue weighted by atomic mass is 10.2. The smallest absolute Gasteiger partial charge is 0.344 e. The van der Waals surface area contributed by atoms with E-state index in [-0.39, 0.29) is 6.61 Å². The van der Waals surface area contributed by atoms with Gasteiger partial charge in [0.1, 0.15) is 12.0 Å². The Bertz CT molecular complexity index is 804. The van der Waals surface area contributed by atoms with E-state index in [2.05, 4.69) is 5.32 Å². The number of halogens is 1. The molecule has 0 aliphatic carbocycles. The third-order valence-corrected chi connectivity index (χ3v) is 3.74. The number of rotatable bonds is 7. The number of esters is 1. The van der Waals surface area contributed by atoms with Gasteiger partial charge in [0.15, 0.2) is 12.7 Å². The highest BCUT2D eigenvalue weighted by Crippen LogP contribution is 2.20. The Morgan fingerprint density at radius 3 is 2.54 bits per heavy atom. The summed E-state index contributed by atoms with van der Waals surface area (Å²) in [7, 11) is 0. The van der Waals surface area contributed by atoms with Crippen LogP contribution in [-0.4, -0.2) is 30.9 Å². The van der Waals surface area contributed by atoms with Crippen molar-refractivity contribution >= 4 is 35.5 Å². The SMILES string of the molecule is Cc1ccc(Cl)cc1NC(=O)[C@H](C)OC(=O)COc1ccc(C=O)cc1. The van der Waals surface area contributed by atoms with Crippen LogP contribution in [0.15, 0.2) is 42.5 Å². The first-order chi connectivity index (χ1) is 12.4. The van der Waals surface area contributed by atoms with E-state index in [4.69, 9.17) is 21.1 Å². The van der Waals surface area contributed by atoms with Gasteiger partial charge in [-0.2, -0.15) is 0 Å². The number of hydrogen-bond donors (Lipinski definition) is 1. The van der Waals surface area contributed by atoms with Gasteiger partial charge in [0.05, 0.1) is 0 Å². The summed E-state index contributed by atoms with van der Waals surface area (Å²) < 4.78 is 10.3. The summed E-state index contributed by atoms with van der Waals surface area (Å²) in [5.41, 5.74) is 1.89. The van der Waals surface area contributed by atoms with Crippen LogP contribution in [0, 0.1) is 6.92 Å². The van der Waals surface area contributed by atoms with Gasteiger partial charge in [-0.15, -0.1) is 0 Å². The van der Waals surface area contributed by atoms with Crippen LogP contribution in [0.2, 0.25) is 5.02 Å². The molecule has 0 aliphatic rings. The third kappa shape index (κ3) is 5.60. The molecule has 0 fully saturated rings. The third-order valence-electron chi connectivity index (χ3n) is 3.51. The first kappa shape index (κ1) is 19.5. The minimum absolute atomic E-state index is 0.353. The number of ether oxygens (including phenoxy) is 2. The molecule has 0 radical (unpaired) electrons. The molecule has 0 unspecified atom stereocenters. The molecule has 1 N–H and O–H groups in total. The molecule has 136 valence electrons. The first-order valence-corrected chi connectivity index (χ1v) is 8.21. The summed E-state index contributed by atoms with van der Waals surface area (Å²) in [6, 6.07) is 11.4. The standard InChI is InChI=1S/C19H18ClNO5/c1-12-3-6-15(20)9-17(12)21-19(24)13(2)26-18(23)11-25-16-7-4-14(10-22)5-8-16/h3-10,13H,11H2,1-2H3,(H,21,24)/t13-/m0/s1. The second kappa shape index (κ2) is 9.01. The lowest BCUT2D eigenvalue weighted by molar-refractivity contribution is -0.155. The molecule has 2 aromatic carbocycles. The number of hydrogen-bond acceptors (Lipinski definition) is 5. The molecule has 0 aliphatic heterocycles. The summed E-state index contributed by atoms with van der Waals surface area (Å²) in [4.78, 5) is 34.6. The average Bonchev–Trinajstić information content (AvgIpc) is 2.63. The molecular weight excluding hydrogens is 358 g/mol. The molecule has 7 heteroatoms. The van der Waals surface area contributed by atoms with Crippen molar-refractivity contribution in [2.24, 2.45) is 0 Å². The van der Waals surface area contributed by atoms with Gasteiger partial charge in [-0.1, -0.05) is 17.7 Å². The Kier molecular flexibility index (Phi) is 6.74. The van der Waals surface area contributed by atoms with Gasteiger partial charge in [0.25, 0.3) is 5.91 Å². The molecule has 0 spiro atoms. The van der Waals surface area contributed by atoms with E-state index >= 15 is 0 Å². The Balaban J connectivity index is 1.84. The van der Waals surface area contributed by atoms with Gasteiger partial charge in [-0.3, -0.25) is 9.59 Å². The number of carbonyl (C=O) groups excluding carboxylic acids is 3. The predicted molar refractivity (Wildman–Crippen MR) is 97.7 cm³/mol. The van der Waals surface area contributed by atoms with Gasteiger partial charge >= 0.3 is 5.97 Å². The molecule has 2 rings (SSSR count). The molecule has 0 saturated heterocycles. The molecule has 2 aromatic rings. The zero-order valence-electron chi connectivity index (χ0n) is 14.3. The van der Waals surface area contributed by atoms with E-state index in [9.17, 15) is 14.4 Å². The fourth-order valence-corrected chi connectivity index (χ4v) is 2.20. The highest BCUT2D eigenvalue weighted by Gasteiger charge is 2.19. The van der Waals surface area contributed by atoms with Crippen molar-refractivity contribution in [2.45, 2.75) is 20.0 Å². The summed E-state index contributed by atoms with van der Waals surface area (Å²) >= 11 is 5.91. The first-order valence-electron chi connectivity index (χ1n) is 7.83. The normalized spacial score (nSPS) is 11.3. The summed E-state index contributed by atoms with van der Waals surface area (Å²) in [5, 5.41) is 3.16. The van der Waals surface area contributed by atoms with Gasteiger partial charge < -0.3 is 14.8 Å². The van der Waals surface area contributed by atoms with E-state index < -0.39 is 18.0 Å². The van der Waals surface area contributed by atoms with Crippen molar-refractivity contribution in [2.75, 3.05) is 11.9 Å². The number of aryl methyl sites for hydroxylation is 1. The molecule has 0 aromatic heterocycles. The van der Waals surface area contributed by atoms with E-state index in [1.165, 1.54) is 6.92 Å². The van der Waals surface area contributed by atoms with Gasteiger partial charge in [0.2, 0.25) is 0 Å². The molecule has 6 nitrogen and oxygen atoms in total. The van der Waals surface area contributed by atoms with Crippen molar-refractivity contribution in [3.63, 3.8) is 0 Å². The van der Waals surface area contributed by atoms with E-state index in [0.29, 0.717) is 28.3 Å². The number of anilines is 1. The molecule has 0 heterocycles. The highest BCUT2D eigenvalue weighted by atomic mass is 35.5. The zero-order chi connectivity index (χ0) is 19.1. The van der Waals surface area contributed by atoms with Crippen molar-refractivity contribution < 1.29 is 23.9 Å². The highest BCUT2D eigenvalue weighted by molar-refractivity contribution is 6.31. The number of aldehydes is 1. The Morgan fingerprint density at radius 2 is 1.88 bits per heavy atom. The van der Waals surface area contributed by atoms with Crippen LogP contribution >= 0.6 is 11.6 Å². The lowest BCUT2D eigenvalue weighted by Crippen LogP contribution is -2.31. The maximum atomic E-state index is 12.2. The topological polar surface area (TPSA) is 81.7 Å². The van der Waals surface area contributed by atoms with Crippen LogP contribution in [0.5, 0.6) is 5.75 Å². The minimum atomic E-state index is -0.998. The lowest BCUT2D eigenvalue weighted by Gasteiger charge is -2.15. The second-order valence-electron chi connectivity index (χ2n) is 5.56. The molecule has 1 amide bonds. The summed E-state index contributed by atoms with van der Waals surface area (Å²) in [6.45, 7) is 2.94. The summed E-state index contributed by atoms with van der Waals surface area (Å²) in [5.74, 6) is -0.742. The van der Waals surface area contributed by atoms with Gasteiger partial charge in [0, 0.05) is 16.3 Å². The Labute approximate surface area is 156 Å². The van der Waals surface area contributed by atoms with Crippen molar-refractivity contribution in [3.05, 3.63) is 58.6 Å². The number of benzene rings is 2. The predicted octanol–water partition coefficient (Wildman–Crippen LogP) is 3.41. The van der Waals surface area contributed by atoms with Crippen molar-refractivity contribution in [1.29, 1.82) is 0 Å². The molecule has 0 saturated carbocycles. The maximum Gasteiger partial charge on any atom is 0.344 e. The van der Waals surface area contributed by atoms with Crippen LogP contribution in [0.4, 0.5) is 5.69 Å². The van der Waals surface area contributed by atoms with Crippen LogP contribution in [0.3, 0.4) is 0 Å². The Morgan fingerprint density at radius 1 is 1.19 bits per heavy atom. The molecule has 1 atom stereocenters. The molecule has 0 bridgehead atoms. The van der Waals surface area contributed by atoms with Crippen molar-refractivity contribution in [1.82, 2.24) is 0 Å². The number of carbonyl (C=O) groups is 3. The van der Waals surface area contributed by atoms with E-state index in [1.807, 2.05) is 6.92 Å². The zero-order valence-corrected chi connectivity index (χ0v) is 15.1. The molecule has 26 heavy (non-hydrogen) atoms. The van der Waals surface area contributed by atoms with E-state index in [1.54, 1.807) is 42.5 Å². The minimum Gasteiger partial charge on any atom is -0.482 e. The maximum absolute atomic E-state index is 12.2. The van der Waals surface area contributed by atoms with Crippen LogP contribution in [-0.2, 0) is 14.3 Å². The van der Waals surface area contributed by atoms with E-state index in [0.717, 1.165) is 5.56 Å². The largest absolute Gasteiger partial charge is 0.482 e. The summed E-state index contributed by atoms with van der Waals surface area (Å²) in [6.07, 6.45) is -0.290. The van der Waals surface area contributed by atoms with Crippen LogP contribution in [0.25, 0.3) is 0 Å². The van der Waals surface area contributed by atoms with Gasteiger partial charge in [-0.05, 0) is 55.8 Å². The molecular formula is C19H18ClNO5. The number of amides is 1. The fourth-order valence-electron chi connectivity index (χ4n) is 2.03. The van der Waals surface area contributed by atoms with Crippen LogP contribution in [0.1, 0.15) is 22.8 Å².